The summed E-state index contributed by atoms with van der Waals surface area (Å²) in [5.74, 6) is -0.255. The topological polar surface area (TPSA) is 50.4 Å². The molecule has 8 heteroatoms. The van der Waals surface area contributed by atoms with Crippen LogP contribution >= 0.6 is 24.0 Å². The molecule has 0 aromatic heterocycles. The molecule has 1 atom stereocenters. The lowest BCUT2D eigenvalue weighted by Gasteiger charge is -2.26. The minimum Gasteiger partial charge on any atom is -0.433 e. The third-order valence-corrected chi connectivity index (χ3v) is 3.98. The van der Waals surface area contributed by atoms with Gasteiger partial charge in [0.15, 0.2) is 0 Å². The normalized spacial score (nSPS) is 20.6. The quantitative estimate of drug-likeness (QED) is 0.844. The summed E-state index contributed by atoms with van der Waals surface area (Å²) in [6.45, 7) is -0.179. The Labute approximate surface area is 139 Å². The van der Waals surface area contributed by atoms with Gasteiger partial charge in [0.05, 0.1) is 10.6 Å². The minimum absolute atomic E-state index is 0. The van der Waals surface area contributed by atoms with E-state index < -0.39 is 12.2 Å². The summed E-state index contributed by atoms with van der Waals surface area (Å²) in [7, 11) is 0. The number of carbonyl (C=O) groups excluding carboxylic acids is 1. The smallest absolute Gasteiger partial charge is 0.387 e. The Balaban J connectivity index is 0.00000242. The lowest BCUT2D eigenvalue weighted by Crippen LogP contribution is -2.50. The molecule has 4 nitrogen and oxygen atoms in total. The molecule has 0 aliphatic carbocycles. The molecule has 0 saturated carbocycles. The Morgan fingerprint density at radius 3 is 2.77 bits per heavy atom. The lowest BCUT2D eigenvalue weighted by atomic mass is 9.93. The number of amides is 1. The first-order valence-electron chi connectivity index (χ1n) is 6.78. The summed E-state index contributed by atoms with van der Waals surface area (Å²) in [5.41, 5.74) is -0.113. The van der Waals surface area contributed by atoms with Gasteiger partial charge in [0.1, 0.15) is 5.75 Å². The van der Waals surface area contributed by atoms with Crippen LogP contribution in [0.2, 0.25) is 5.02 Å². The molecule has 124 valence electrons. The lowest BCUT2D eigenvalue weighted by molar-refractivity contribution is -0.122. The third kappa shape index (κ3) is 4.21. The molecular formula is C14H18Cl2F2N2O2. The summed E-state index contributed by atoms with van der Waals surface area (Å²) < 4.78 is 28.6. The van der Waals surface area contributed by atoms with E-state index in [0.717, 1.165) is 19.4 Å². The largest absolute Gasteiger partial charge is 0.433 e. The number of alkyl halides is 2. The van der Waals surface area contributed by atoms with Gasteiger partial charge in [-0.05, 0) is 44.0 Å². The highest BCUT2D eigenvalue weighted by Gasteiger charge is 2.39. The maximum atomic E-state index is 12.4. The Morgan fingerprint density at radius 2 is 2.27 bits per heavy atom. The van der Waals surface area contributed by atoms with Gasteiger partial charge in [-0.3, -0.25) is 4.79 Å². The van der Waals surface area contributed by atoms with Gasteiger partial charge in [0, 0.05) is 5.69 Å². The van der Waals surface area contributed by atoms with Crippen LogP contribution in [0.1, 0.15) is 26.2 Å². The van der Waals surface area contributed by atoms with Crippen molar-refractivity contribution in [1.82, 2.24) is 5.32 Å². The Bertz CT molecular complexity index is 524. The average molecular weight is 355 g/mol. The standard InChI is InChI=1S/C14H17ClF2N2O2.ClH/c1-2-14(6-3-7-18-14)12(20)19-9-4-5-11(10(15)8-9)21-13(16)17;/h4-5,8,13,18H,2-3,6-7H2,1H3,(H,19,20);1H. The summed E-state index contributed by atoms with van der Waals surface area (Å²) in [4.78, 5) is 12.4. The molecular weight excluding hydrogens is 337 g/mol. The van der Waals surface area contributed by atoms with Gasteiger partial charge >= 0.3 is 6.61 Å². The first-order valence-corrected chi connectivity index (χ1v) is 7.15. The molecule has 2 N–H and O–H groups in total. The van der Waals surface area contributed by atoms with E-state index in [1.807, 2.05) is 6.92 Å². The van der Waals surface area contributed by atoms with Gasteiger partial charge in [-0.15, -0.1) is 12.4 Å². The summed E-state index contributed by atoms with van der Waals surface area (Å²) in [6.07, 6.45) is 2.40. The van der Waals surface area contributed by atoms with Gasteiger partial charge < -0.3 is 15.4 Å². The number of nitrogens with one attached hydrogen (secondary N) is 2. The number of rotatable bonds is 5. The van der Waals surface area contributed by atoms with E-state index in [2.05, 4.69) is 15.4 Å². The number of hydrogen-bond donors (Lipinski definition) is 2. The fourth-order valence-electron chi connectivity index (χ4n) is 2.48. The summed E-state index contributed by atoms with van der Waals surface area (Å²) in [6, 6.07) is 4.19. The SMILES string of the molecule is CCC1(C(=O)Nc2ccc(OC(F)F)c(Cl)c2)CCCN1.Cl. The number of anilines is 1. The second-order valence-corrected chi connectivity index (χ2v) is 5.35. The number of benzene rings is 1. The van der Waals surface area contributed by atoms with Crippen molar-refractivity contribution in [1.29, 1.82) is 0 Å². The number of carbonyl (C=O) groups is 1. The predicted molar refractivity (Wildman–Crippen MR) is 84.2 cm³/mol. The summed E-state index contributed by atoms with van der Waals surface area (Å²) in [5, 5.41) is 6.02. The van der Waals surface area contributed by atoms with Gasteiger partial charge in [-0.2, -0.15) is 8.78 Å². The maximum Gasteiger partial charge on any atom is 0.387 e. The van der Waals surface area contributed by atoms with Crippen molar-refractivity contribution in [3.8, 4) is 5.75 Å². The van der Waals surface area contributed by atoms with Crippen molar-refractivity contribution in [2.45, 2.75) is 38.3 Å². The van der Waals surface area contributed by atoms with Gasteiger partial charge in [-0.25, -0.2) is 0 Å². The zero-order valence-electron chi connectivity index (χ0n) is 12.0. The number of hydrogen-bond acceptors (Lipinski definition) is 3. The van der Waals surface area contributed by atoms with Gasteiger partial charge in [-0.1, -0.05) is 18.5 Å². The molecule has 1 aromatic rings. The van der Waals surface area contributed by atoms with E-state index >= 15 is 0 Å². The number of ether oxygens (including phenoxy) is 1. The van der Waals surface area contributed by atoms with Crippen LogP contribution in [0.4, 0.5) is 14.5 Å². The molecule has 2 rings (SSSR count). The van der Waals surface area contributed by atoms with Crippen molar-refractivity contribution in [3.63, 3.8) is 0 Å². The van der Waals surface area contributed by atoms with E-state index in [1.165, 1.54) is 18.2 Å². The Hall–Kier alpha value is -1.11. The van der Waals surface area contributed by atoms with E-state index in [1.54, 1.807) is 0 Å². The van der Waals surface area contributed by atoms with E-state index in [9.17, 15) is 13.6 Å². The van der Waals surface area contributed by atoms with Crippen LogP contribution in [0, 0.1) is 0 Å². The van der Waals surface area contributed by atoms with Crippen LogP contribution in [-0.2, 0) is 4.79 Å². The molecule has 1 amide bonds. The molecule has 0 spiro atoms. The van der Waals surface area contributed by atoms with E-state index in [-0.39, 0.29) is 29.1 Å². The summed E-state index contributed by atoms with van der Waals surface area (Å²) >= 11 is 5.86. The van der Waals surface area contributed by atoms with Crippen molar-refractivity contribution >= 4 is 35.6 Å². The molecule has 1 aliphatic heterocycles. The van der Waals surface area contributed by atoms with E-state index in [0.29, 0.717) is 12.1 Å². The van der Waals surface area contributed by atoms with Crippen molar-refractivity contribution in [3.05, 3.63) is 23.2 Å². The molecule has 22 heavy (non-hydrogen) atoms. The van der Waals surface area contributed by atoms with E-state index in [4.69, 9.17) is 11.6 Å². The Kier molecular flexibility index (Phi) is 6.84. The predicted octanol–water partition coefficient (Wildman–Crippen LogP) is 3.83. The molecule has 1 heterocycles. The highest BCUT2D eigenvalue weighted by Crippen LogP contribution is 2.30. The average Bonchev–Trinajstić information content (AvgIpc) is 2.91. The second-order valence-electron chi connectivity index (χ2n) is 4.94. The van der Waals surface area contributed by atoms with Crippen LogP contribution in [-0.4, -0.2) is 24.6 Å². The highest BCUT2D eigenvalue weighted by molar-refractivity contribution is 6.32. The van der Waals surface area contributed by atoms with Crippen molar-refractivity contribution < 1.29 is 18.3 Å². The molecule has 0 radical (unpaired) electrons. The van der Waals surface area contributed by atoms with Crippen LogP contribution in [0.5, 0.6) is 5.75 Å². The molecule has 1 saturated heterocycles. The monoisotopic (exact) mass is 354 g/mol. The van der Waals surface area contributed by atoms with Crippen molar-refractivity contribution in [2.75, 3.05) is 11.9 Å². The zero-order chi connectivity index (χ0) is 15.5. The first kappa shape index (κ1) is 18.9. The molecule has 1 unspecified atom stereocenters. The molecule has 1 aliphatic rings. The number of halogens is 4. The van der Waals surface area contributed by atoms with Crippen molar-refractivity contribution in [2.24, 2.45) is 0 Å². The van der Waals surface area contributed by atoms with Crippen LogP contribution < -0.4 is 15.4 Å². The van der Waals surface area contributed by atoms with Crippen LogP contribution in [0.3, 0.4) is 0 Å². The fourth-order valence-corrected chi connectivity index (χ4v) is 2.71. The maximum absolute atomic E-state index is 12.4. The molecule has 1 aromatic carbocycles. The van der Waals surface area contributed by atoms with Crippen LogP contribution in [0.15, 0.2) is 18.2 Å². The first-order chi connectivity index (χ1) is 9.97. The van der Waals surface area contributed by atoms with Gasteiger partial charge in [0.25, 0.3) is 0 Å². The van der Waals surface area contributed by atoms with Gasteiger partial charge in [0.2, 0.25) is 5.91 Å². The third-order valence-electron chi connectivity index (χ3n) is 3.69. The minimum atomic E-state index is -2.94. The molecule has 0 bridgehead atoms. The zero-order valence-corrected chi connectivity index (χ0v) is 13.6. The van der Waals surface area contributed by atoms with Crippen LogP contribution in [0.25, 0.3) is 0 Å². The second kappa shape index (κ2) is 7.94. The fraction of sp³-hybridized carbons (Fsp3) is 0.500. The highest BCUT2D eigenvalue weighted by atomic mass is 35.5. The Morgan fingerprint density at radius 1 is 1.55 bits per heavy atom. The molecule has 1 fully saturated rings.